The first-order valence-electron chi connectivity index (χ1n) is 8.03. The smallest absolute Gasteiger partial charge is 0.252 e. The van der Waals surface area contributed by atoms with Gasteiger partial charge in [-0.25, -0.2) is 5.43 Å². The Hall–Kier alpha value is -2.62. The van der Waals surface area contributed by atoms with Crippen LogP contribution in [0.4, 0.5) is 0 Å². The Bertz CT molecular complexity index is 872. The predicted octanol–water partition coefficient (Wildman–Crippen LogP) is 5.28. The first-order valence-corrected chi connectivity index (χ1v) is 8.78. The lowest BCUT2D eigenvalue weighted by Gasteiger charge is -2.16. The minimum absolute atomic E-state index is 0.219. The van der Waals surface area contributed by atoms with Crippen LogP contribution in [-0.4, -0.2) is 12.1 Å². The molecule has 0 heterocycles. The molecule has 0 aliphatic heterocycles. The molecule has 3 aromatic rings. The van der Waals surface area contributed by atoms with Crippen molar-refractivity contribution in [1.29, 1.82) is 0 Å². The highest BCUT2D eigenvalue weighted by atomic mass is 35.5. The zero-order valence-electron chi connectivity index (χ0n) is 13.8. The molecular formula is C21H16Cl2N2O. The number of hydrogen-bond donors (Lipinski definition) is 1. The molecule has 0 spiro atoms. The van der Waals surface area contributed by atoms with Crippen LogP contribution >= 0.6 is 23.2 Å². The van der Waals surface area contributed by atoms with E-state index < -0.39 is 5.92 Å². The third kappa shape index (κ3) is 4.51. The Labute approximate surface area is 162 Å². The van der Waals surface area contributed by atoms with Crippen LogP contribution in [0.1, 0.15) is 22.6 Å². The summed E-state index contributed by atoms with van der Waals surface area (Å²) < 4.78 is 0. The third-order valence-corrected chi connectivity index (χ3v) is 4.43. The van der Waals surface area contributed by atoms with Crippen molar-refractivity contribution in [2.45, 2.75) is 5.92 Å². The van der Waals surface area contributed by atoms with Crippen molar-refractivity contribution in [3.63, 3.8) is 0 Å². The van der Waals surface area contributed by atoms with Crippen molar-refractivity contribution in [3.8, 4) is 0 Å². The lowest BCUT2D eigenvalue weighted by atomic mass is 9.91. The number of hydrazone groups is 1. The second kappa shape index (κ2) is 8.65. The second-order valence-electron chi connectivity index (χ2n) is 5.65. The summed E-state index contributed by atoms with van der Waals surface area (Å²) in [4.78, 5) is 12.8. The number of nitrogens with one attached hydrogen (secondary N) is 1. The maximum atomic E-state index is 12.8. The van der Waals surface area contributed by atoms with Crippen molar-refractivity contribution in [1.82, 2.24) is 5.43 Å². The minimum Gasteiger partial charge on any atom is -0.272 e. The number of hydrogen-bond acceptors (Lipinski definition) is 2. The van der Waals surface area contributed by atoms with Gasteiger partial charge in [0.15, 0.2) is 0 Å². The molecule has 1 amide bonds. The van der Waals surface area contributed by atoms with Gasteiger partial charge in [0.05, 0.1) is 17.2 Å². The molecule has 3 aromatic carbocycles. The molecule has 0 radical (unpaired) electrons. The van der Waals surface area contributed by atoms with Gasteiger partial charge in [-0.2, -0.15) is 5.10 Å². The standard InChI is InChI=1S/C21H16Cl2N2O/c22-18-12-11-17(19(23)13-18)14-24-25-21(26)20(15-7-3-1-4-8-15)16-9-5-2-6-10-16/h1-14,20H,(H,25,26)/b24-14+. The molecule has 0 saturated carbocycles. The summed E-state index contributed by atoms with van der Waals surface area (Å²) in [6, 6.07) is 24.3. The molecule has 130 valence electrons. The highest BCUT2D eigenvalue weighted by Gasteiger charge is 2.22. The summed E-state index contributed by atoms with van der Waals surface area (Å²) in [6.07, 6.45) is 1.50. The Morgan fingerprint density at radius 3 is 2.00 bits per heavy atom. The summed E-state index contributed by atoms with van der Waals surface area (Å²) in [7, 11) is 0. The molecule has 0 aliphatic rings. The molecule has 1 N–H and O–H groups in total. The Balaban J connectivity index is 1.81. The average molecular weight is 383 g/mol. The van der Waals surface area contributed by atoms with Crippen LogP contribution in [0.15, 0.2) is 84.0 Å². The molecule has 26 heavy (non-hydrogen) atoms. The van der Waals surface area contributed by atoms with E-state index in [2.05, 4.69) is 10.5 Å². The van der Waals surface area contributed by atoms with Crippen LogP contribution in [0.25, 0.3) is 0 Å². The van der Waals surface area contributed by atoms with E-state index in [1.807, 2.05) is 60.7 Å². The lowest BCUT2D eigenvalue weighted by molar-refractivity contribution is -0.121. The van der Waals surface area contributed by atoms with E-state index in [9.17, 15) is 4.79 Å². The Kier molecular flexibility index (Phi) is 6.05. The Morgan fingerprint density at radius 2 is 1.46 bits per heavy atom. The van der Waals surface area contributed by atoms with E-state index in [1.165, 1.54) is 6.21 Å². The first kappa shape index (κ1) is 18.2. The predicted molar refractivity (Wildman–Crippen MR) is 107 cm³/mol. The number of carbonyl (C=O) groups excluding carboxylic acids is 1. The van der Waals surface area contributed by atoms with Crippen LogP contribution in [0, 0.1) is 0 Å². The van der Waals surface area contributed by atoms with Crippen LogP contribution in [0.2, 0.25) is 10.0 Å². The van der Waals surface area contributed by atoms with Gasteiger partial charge in [0, 0.05) is 10.6 Å². The number of rotatable bonds is 5. The maximum absolute atomic E-state index is 12.8. The van der Waals surface area contributed by atoms with Crippen molar-refractivity contribution in [2.24, 2.45) is 5.10 Å². The normalized spacial score (nSPS) is 11.0. The van der Waals surface area contributed by atoms with Gasteiger partial charge < -0.3 is 0 Å². The van der Waals surface area contributed by atoms with Gasteiger partial charge in [0.25, 0.3) is 5.91 Å². The largest absolute Gasteiger partial charge is 0.272 e. The molecule has 0 bridgehead atoms. The molecule has 0 aliphatic carbocycles. The van der Waals surface area contributed by atoms with Gasteiger partial charge >= 0.3 is 0 Å². The summed E-state index contributed by atoms with van der Waals surface area (Å²) in [5.41, 5.74) is 5.08. The van der Waals surface area contributed by atoms with Crippen molar-refractivity contribution in [2.75, 3.05) is 0 Å². The molecule has 3 rings (SSSR count). The quantitative estimate of drug-likeness (QED) is 0.473. The summed E-state index contributed by atoms with van der Waals surface area (Å²) in [5, 5.41) is 5.07. The molecular weight excluding hydrogens is 367 g/mol. The van der Waals surface area contributed by atoms with E-state index in [-0.39, 0.29) is 5.91 Å². The molecule has 0 fully saturated rings. The molecule has 0 unspecified atom stereocenters. The average Bonchev–Trinajstić information content (AvgIpc) is 2.65. The molecule has 0 aromatic heterocycles. The molecule has 3 nitrogen and oxygen atoms in total. The third-order valence-electron chi connectivity index (χ3n) is 3.87. The zero-order valence-corrected chi connectivity index (χ0v) is 15.3. The van der Waals surface area contributed by atoms with Gasteiger partial charge in [-0.1, -0.05) is 89.9 Å². The fourth-order valence-corrected chi connectivity index (χ4v) is 3.08. The van der Waals surface area contributed by atoms with Gasteiger partial charge in [0.2, 0.25) is 0 Å². The molecule has 5 heteroatoms. The molecule has 0 atom stereocenters. The van der Waals surface area contributed by atoms with Crippen molar-refractivity contribution < 1.29 is 4.79 Å². The van der Waals surface area contributed by atoms with E-state index >= 15 is 0 Å². The van der Waals surface area contributed by atoms with E-state index in [4.69, 9.17) is 23.2 Å². The fraction of sp³-hybridized carbons (Fsp3) is 0.0476. The molecule has 0 saturated heterocycles. The van der Waals surface area contributed by atoms with E-state index in [1.54, 1.807) is 18.2 Å². The van der Waals surface area contributed by atoms with E-state index in [0.29, 0.717) is 15.6 Å². The number of halogens is 2. The zero-order chi connectivity index (χ0) is 18.4. The van der Waals surface area contributed by atoms with E-state index in [0.717, 1.165) is 11.1 Å². The number of amides is 1. The number of benzene rings is 3. The number of nitrogens with zero attached hydrogens (tertiary/aromatic N) is 1. The van der Waals surface area contributed by atoms with Gasteiger partial charge in [0.1, 0.15) is 0 Å². The van der Waals surface area contributed by atoms with Gasteiger partial charge in [-0.3, -0.25) is 4.79 Å². The summed E-state index contributed by atoms with van der Waals surface area (Å²) in [6.45, 7) is 0. The van der Waals surface area contributed by atoms with Crippen molar-refractivity contribution in [3.05, 3.63) is 106 Å². The second-order valence-corrected chi connectivity index (χ2v) is 6.50. The van der Waals surface area contributed by atoms with Crippen LogP contribution in [0.5, 0.6) is 0 Å². The number of carbonyl (C=O) groups is 1. The highest BCUT2D eigenvalue weighted by Crippen LogP contribution is 2.24. The highest BCUT2D eigenvalue weighted by molar-refractivity contribution is 6.36. The van der Waals surface area contributed by atoms with Crippen molar-refractivity contribution >= 4 is 35.3 Å². The summed E-state index contributed by atoms with van der Waals surface area (Å²) in [5.74, 6) is -0.668. The monoisotopic (exact) mass is 382 g/mol. The minimum atomic E-state index is -0.449. The van der Waals surface area contributed by atoms with Crippen LogP contribution in [-0.2, 0) is 4.79 Å². The lowest BCUT2D eigenvalue weighted by Crippen LogP contribution is -2.26. The Morgan fingerprint density at radius 1 is 0.885 bits per heavy atom. The van der Waals surface area contributed by atoms with Gasteiger partial charge in [-0.05, 0) is 23.3 Å². The van der Waals surface area contributed by atoms with Gasteiger partial charge in [-0.15, -0.1) is 0 Å². The van der Waals surface area contributed by atoms with Crippen LogP contribution in [0.3, 0.4) is 0 Å². The maximum Gasteiger partial charge on any atom is 0.252 e. The SMILES string of the molecule is O=C(N/N=C/c1ccc(Cl)cc1Cl)C(c1ccccc1)c1ccccc1. The first-order chi connectivity index (χ1) is 12.6. The topological polar surface area (TPSA) is 41.5 Å². The summed E-state index contributed by atoms with van der Waals surface area (Å²) >= 11 is 12.0. The fourth-order valence-electron chi connectivity index (χ4n) is 2.62. The van der Waals surface area contributed by atoms with Crippen LogP contribution < -0.4 is 5.43 Å².